The molecule has 0 unspecified atom stereocenters. The quantitative estimate of drug-likeness (QED) is 0.571. The first-order valence-corrected chi connectivity index (χ1v) is 8.57. The summed E-state index contributed by atoms with van der Waals surface area (Å²) in [6.45, 7) is 1.91. The van der Waals surface area contributed by atoms with E-state index in [2.05, 4.69) is 4.98 Å². The minimum absolute atomic E-state index is 0.215. The SMILES string of the molecule is CCOC(=O)c1sc(-c2ccc(C(F)(F)F)cc2)nc1Cc1ccco1. The van der Waals surface area contributed by atoms with Crippen molar-refractivity contribution in [2.45, 2.75) is 19.5 Å². The highest BCUT2D eigenvalue weighted by Gasteiger charge is 2.30. The Kier molecular flexibility index (Phi) is 5.13. The van der Waals surface area contributed by atoms with Gasteiger partial charge in [0.2, 0.25) is 0 Å². The van der Waals surface area contributed by atoms with E-state index in [0.717, 1.165) is 23.5 Å². The maximum atomic E-state index is 12.7. The summed E-state index contributed by atoms with van der Waals surface area (Å²) < 4.78 is 48.5. The summed E-state index contributed by atoms with van der Waals surface area (Å²) in [7, 11) is 0. The molecule has 4 nitrogen and oxygen atoms in total. The molecule has 0 saturated heterocycles. The first kappa shape index (κ1) is 18.2. The fourth-order valence-corrected chi connectivity index (χ4v) is 3.31. The Hall–Kier alpha value is -2.61. The van der Waals surface area contributed by atoms with E-state index in [1.807, 2.05) is 0 Å². The van der Waals surface area contributed by atoms with Crippen LogP contribution in [0.3, 0.4) is 0 Å². The van der Waals surface area contributed by atoms with E-state index in [9.17, 15) is 18.0 Å². The van der Waals surface area contributed by atoms with E-state index in [1.165, 1.54) is 18.4 Å². The van der Waals surface area contributed by atoms with E-state index < -0.39 is 17.7 Å². The normalized spacial score (nSPS) is 11.5. The summed E-state index contributed by atoms with van der Waals surface area (Å²) in [4.78, 5) is 16.9. The van der Waals surface area contributed by atoms with Crippen molar-refractivity contribution in [1.29, 1.82) is 0 Å². The molecule has 0 fully saturated rings. The van der Waals surface area contributed by atoms with Crippen LogP contribution in [-0.2, 0) is 17.3 Å². The summed E-state index contributed by atoms with van der Waals surface area (Å²) in [5.74, 6) is 0.115. The van der Waals surface area contributed by atoms with Crippen LogP contribution in [0.1, 0.15) is 33.6 Å². The van der Waals surface area contributed by atoms with Gasteiger partial charge in [-0.25, -0.2) is 9.78 Å². The molecule has 26 heavy (non-hydrogen) atoms. The second kappa shape index (κ2) is 7.33. The molecule has 0 spiro atoms. The predicted octanol–water partition coefficient (Wildman–Crippen LogP) is 5.19. The third-order valence-electron chi connectivity index (χ3n) is 3.54. The van der Waals surface area contributed by atoms with Gasteiger partial charge in [-0.05, 0) is 31.2 Å². The van der Waals surface area contributed by atoms with Crippen LogP contribution in [0.25, 0.3) is 10.6 Å². The predicted molar refractivity (Wildman–Crippen MR) is 90.0 cm³/mol. The van der Waals surface area contributed by atoms with Crippen LogP contribution in [0.2, 0.25) is 0 Å². The smallest absolute Gasteiger partial charge is 0.416 e. The minimum Gasteiger partial charge on any atom is -0.469 e. The van der Waals surface area contributed by atoms with E-state index >= 15 is 0 Å². The number of hydrogen-bond donors (Lipinski definition) is 0. The number of nitrogens with zero attached hydrogens (tertiary/aromatic N) is 1. The first-order valence-electron chi connectivity index (χ1n) is 7.75. The second-order valence-corrected chi connectivity index (χ2v) is 6.35. The number of benzene rings is 1. The van der Waals surface area contributed by atoms with Gasteiger partial charge in [-0.3, -0.25) is 0 Å². The van der Waals surface area contributed by atoms with Crippen LogP contribution >= 0.6 is 11.3 Å². The van der Waals surface area contributed by atoms with Gasteiger partial charge in [0.25, 0.3) is 0 Å². The molecule has 1 aromatic carbocycles. The fraction of sp³-hybridized carbons (Fsp3) is 0.222. The molecule has 2 heterocycles. The van der Waals surface area contributed by atoms with E-state index in [1.54, 1.807) is 19.1 Å². The van der Waals surface area contributed by atoms with Gasteiger partial charge in [0.15, 0.2) is 0 Å². The van der Waals surface area contributed by atoms with Gasteiger partial charge >= 0.3 is 12.1 Å². The Bertz CT molecular complexity index is 884. The number of carbonyl (C=O) groups is 1. The number of carbonyl (C=O) groups excluding carboxylic acids is 1. The molecule has 0 aliphatic rings. The molecular weight excluding hydrogens is 367 g/mol. The van der Waals surface area contributed by atoms with Crippen LogP contribution in [0.4, 0.5) is 13.2 Å². The number of furan rings is 1. The van der Waals surface area contributed by atoms with Crippen LogP contribution in [0, 0.1) is 0 Å². The largest absolute Gasteiger partial charge is 0.469 e. The van der Waals surface area contributed by atoms with E-state index in [0.29, 0.717) is 26.9 Å². The van der Waals surface area contributed by atoms with Crippen LogP contribution in [-0.4, -0.2) is 17.6 Å². The van der Waals surface area contributed by atoms with Crippen molar-refractivity contribution in [3.63, 3.8) is 0 Å². The molecule has 0 atom stereocenters. The summed E-state index contributed by atoms with van der Waals surface area (Å²) in [5.41, 5.74) is 0.233. The molecule has 2 aromatic heterocycles. The highest BCUT2D eigenvalue weighted by molar-refractivity contribution is 7.17. The molecule has 3 rings (SSSR count). The molecule has 0 saturated carbocycles. The fourth-order valence-electron chi connectivity index (χ4n) is 2.33. The van der Waals surface area contributed by atoms with Crippen molar-refractivity contribution in [3.05, 3.63) is 64.6 Å². The number of esters is 1. The first-order chi connectivity index (χ1) is 12.4. The Labute approximate surface area is 151 Å². The van der Waals surface area contributed by atoms with Crippen LogP contribution in [0.15, 0.2) is 47.1 Å². The summed E-state index contributed by atoms with van der Waals surface area (Å²) in [6.07, 6.45) is -2.59. The monoisotopic (exact) mass is 381 g/mol. The molecule has 0 N–H and O–H groups in total. The van der Waals surface area contributed by atoms with Gasteiger partial charge in [-0.1, -0.05) is 12.1 Å². The maximum absolute atomic E-state index is 12.7. The lowest BCUT2D eigenvalue weighted by Crippen LogP contribution is -2.05. The number of ether oxygens (including phenoxy) is 1. The van der Waals surface area contributed by atoms with E-state index in [-0.39, 0.29) is 13.0 Å². The lowest BCUT2D eigenvalue weighted by Gasteiger charge is -2.06. The molecule has 0 aliphatic carbocycles. The second-order valence-electron chi connectivity index (χ2n) is 5.35. The molecule has 0 aliphatic heterocycles. The number of thiazole rings is 1. The lowest BCUT2D eigenvalue weighted by atomic mass is 10.1. The molecular formula is C18H14F3NO3S. The number of aromatic nitrogens is 1. The van der Waals surface area contributed by atoms with Gasteiger partial charge < -0.3 is 9.15 Å². The van der Waals surface area contributed by atoms with Gasteiger partial charge in [-0.2, -0.15) is 13.2 Å². The molecule has 0 bridgehead atoms. The summed E-state index contributed by atoms with van der Waals surface area (Å²) >= 11 is 1.09. The van der Waals surface area contributed by atoms with Crippen LogP contribution in [0.5, 0.6) is 0 Å². The number of halogens is 3. The molecule has 136 valence electrons. The Balaban J connectivity index is 1.95. The average Bonchev–Trinajstić information content (AvgIpc) is 3.25. The number of alkyl halides is 3. The Morgan fingerprint density at radius 1 is 1.23 bits per heavy atom. The highest BCUT2D eigenvalue weighted by atomic mass is 32.1. The third kappa shape index (κ3) is 3.96. The third-order valence-corrected chi connectivity index (χ3v) is 4.67. The van der Waals surface area contributed by atoms with Crippen molar-refractivity contribution in [2.75, 3.05) is 6.61 Å². The molecule has 0 radical (unpaired) electrons. The summed E-state index contributed by atoms with van der Waals surface area (Å²) in [6, 6.07) is 8.15. The zero-order valence-electron chi connectivity index (χ0n) is 13.7. The van der Waals surface area contributed by atoms with Crippen molar-refractivity contribution in [1.82, 2.24) is 4.98 Å². The number of hydrogen-bond acceptors (Lipinski definition) is 5. The standard InChI is InChI=1S/C18H14F3NO3S/c1-2-24-17(23)15-14(10-13-4-3-9-25-13)22-16(26-15)11-5-7-12(8-6-11)18(19,20)21/h3-9H,2,10H2,1H3. The molecule has 0 amide bonds. The van der Waals surface area contributed by atoms with Crippen LogP contribution < -0.4 is 0 Å². The zero-order chi connectivity index (χ0) is 18.7. The Morgan fingerprint density at radius 2 is 1.96 bits per heavy atom. The van der Waals surface area contributed by atoms with Crippen molar-refractivity contribution < 1.29 is 27.1 Å². The van der Waals surface area contributed by atoms with Gasteiger partial charge in [0.05, 0.1) is 24.1 Å². The van der Waals surface area contributed by atoms with Crippen molar-refractivity contribution in [2.24, 2.45) is 0 Å². The topological polar surface area (TPSA) is 52.3 Å². The van der Waals surface area contributed by atoms with Gasteiger partial charge in [-0.15, -0.1) is 11.3 Å². The lowest BCUT2D eigenvalue weighted by molar-refractivity contribution is -0.137. The molecule has 8 heteroatoms. The molecule has 3 aromatic rings. The summed E-state index contributed by atoms with van der Waals surface area (Å²) in [5, 5.41) is 0.448. The Morgan fingerprint density at radius 3 is 2.54 bits per heavy atom. The van der Waals surface area contributed by atoms with Gasteiger partial charge in [0.1, 0.15) is 15.6 Å². The van der Waals surface area contributed by atoms with Crippen molar-refractivity contribution >= 4 is 17.3 Å². The average molecular weight is 381 g/mol. The van der Waals surface area contributed by atoms with Crippen molar-refractivity contribution in [3.8, 4) is 10.6 Å². The number of rotatable bonds is 5. The zero-order valence-corrected chi connectivity index (χ0v) is 14.5. The minimum atomic E-state index is -4.40. The van der Waals surface area contributed by atoms with Gasteiger partial charge in [0, 0.05) is 12.0 Å². The van der Waals surface area contributed by atoms with E-state index in [4.69, 9.17) is 9.15 Å². The highest BCUT2D eigenvalue weighted by Crippen LogP contribution is 2.33. The maximum Gasteiger partial charge on any atom is 0.416 e.